The van der Waals surface area contributed by atoms with Crippen molar-refractivity contribution < 1.29 is 4.39 Å². The average Bonchev–Trinajstić information content (AvgIpc) is 3.53. The van der Waals surface area contributed by atoms with Crippen molar-refractivity contribution in [1.82, 2.24) is 35.1 Å². The summed E-state index contributed by atoms with van der Waals surface area (Å²) in [5.41, 5.74) is 5.29. The molecular formula is C21H12FN7S. The summed E-state index contributed by atoms with van der Waals surface area (Å²) in [5.74, 6) is 0.0729. The minimum Gasteiger partial charge on any atom is -0.336 e. The third kappa shape index (κ3) is 2.52. The number of hydrogen-bond donors (Lipinski definition) is 2. The van der Waals surface area contributed by atoms with Gasteiger partial charge in [-0.2, -0.15) is 16.4 Å². The number of hydrogen-bond acceptors (Lipinski definition) is 6. The number of benzene rings is 1. The van der Waals surface area contributed by atoms with Gasteiger partial charge in [-0.3, -0.25) is 10.1 Å². The van der Waals surface area contributed by atoms with Crippen LogP contribution >= 0.6 is 11.3 Å². The van der Waals surface area contributed by atoms with Gasteiger partial charge in [-0.25, -0.2) is 19.3 Å². The van der Waals surface area contributed by atoms with Crippen molar-refractivity contribution in [3.05, 3.63) is 65.8 Å². The zero-order valence-corrected chi connectivity index (χ0v) is 16.1. The molecule has 0 bridgehead atoms. The Bertz CT molecular complexity index is 1500. The molecule has 9 heteroatoms. The fraction of sp³-hybridized carbons (Fsp3) is 0. The number of thiophene rings is 1. The van der Waals surface area contributed by atoms with Crippen LogP contribution in [0.15, 0.2) is 59.9 Å². The molecule has 0 saturated heterocycles. The van der Waals surface area contributed by atoms with E-state index in [1.54, 1.807) is 42.1 Å². The van der Waals surface area contributed by atoms with Crippen LogP contribution in [0.2, 0.25) is 0 Å². The summed E-state index contributed by atoms with van der Waals surface area (Å²) in [6, 6.07) is 7.33. The van der Waals surface area contributed by atoms with Gasteiger partial charge in [-0.1, -0.05) is 0 Å². The number of imidazole rings is 1. The highest BCUT2D eigenvalue weighted by molar-refractivity contribution is 7.08. The summed E-state index contributed by atoms with van der Waals surface area (Å²) in [6.45, 7) is 0. The van der Waals surface area contributed by atoms with E-state index in [4.69, 9.17) is 4.98 Å². The van der Waals surface area contributed by atoms with Crippen molar-refractivity contribution in [1.29, 1.82) is 0 Å². The van der Waals surface area contributed by atoms with Crippen molar-refractivity contribution in [2.45, 2.75) is 0 Å². The van der Waals surface area contributed by atoms with Gasteiger partial charge < -0.3 is 4.98 Å². The van der Waals surface area contributed by atoms with Crippen LogP contribution in [0.1, 0.15) is 0 Å². The Morgan fingerprint density at radius 1 is 0.933 bits per heavy atom. The van der Waals surface area contributed by atoms with Crippen LogP contribution in [0.4, 0.5) is 4.39 Å². The van der Waals surface area contributed by atoms with E-state index < -0.39 is 5.82 Å². The zero-order valence-electron chi connectivity index (χ0n) is 15.3. The Kier molecular flexibility index (Phi) is 3.68. The van der Waals surface area contributed by atoms with E-state index in [0.29, 0.717) is 33.5 Å². The molecule has 0 aliphatic heterocycles. The molecule has 5 aromatic heterocycles. The second-order valence-corrected chi connectivity index (χ2v) is 7.48. The van der Waals surface area contributed by atoms with E-state index in [9.17, 15) is 0 Å². The van der Waals surface area contributed by atoms with Crippen LogP contribution in [-0.4, -0.2) is 35.1 Å². The quantitative estimate of drug-likeness (QED) is 0.433. The average molecular weight is 413 g/mol. The van der Waals surface area contributed by atoms with E-state index in [2.05, 4.69) is 30.1 Å². The maximum absolute atomic E-state index is 15.5. The van der Waals surface area contributed by atoms with Crippen LogP contribution in [0.5, 0.6) is 0 Å². The molecule has 5 heterocycles. The van der Waals surface area contributed by atoms with Crippen molar-refractivity contribution >= 4 is 33.3 Å². The number of rotatable bonds is 3. The highest BCUT2D eigenvalue weighted by Crippen LogP contribution is 2.34. The Balaban J connectivity index is 1.57. The van der Waals surface area contributed by atoms with Crippen molar-refractivity contribution in [2.24, 2.45) is 0 Å². The minimum atomic E-state index is -0.400. The van der Waals surface area contributed by atoms with Gasteiger partial charge in [0.1, 0.15) is 23.4 Å². The van der Waals surface area contributed by atoms with E-state index >= 15 is 4.39 Å². The smallest absolute Gasteiger partial charge is 0.159 e. The second-order valence-electron chi connectivity index (χ2n) is 6.70. The number of aromatic nitrogens is 7. The highest BCUT2D eigenvalue weighted by Gasteiger charge is 2.20. The topological polar surface area (TPSA) is 96.0 Å². The number of aromatic amines is 2. The van der Waals surface area contributed by atoms with E-state index in [1.807, 2.05) is 22.9 Å². The molecular weight excluding hydrogens is 401 g/mol. The molecule has 0 saturated carbocycles. The number of halogens is 1. The zero-order chi connectivity index (χ0) is 20.1. The number of pyridine rings is 1. The van der Waals surface area contributed by atoms with Gasteiger partial charge in [0.15, 0.2) is 5.82 Å². The van der Waals surface area contributed by atoms with E-state index in [1.165, 1.54) is 6.33 Å². The Hall–Kier alpha value is -3.98. The Labute approximate surface area is 172 Å². The summed E-state index contributed by atoms with van der Waals surface area (Å²) in [7, 11) is 0. The first-order valence-electron chi connectivity index (χ1n) is 9.09. The molecule has 7 nitrogen and oxygen atoms in total. The molecule has 6 aromatic rings. The maximum Gasteiger partial charge on any atom is 0.159 e. The maximum atomic E-state index is 15.5. The van der Waals surface area contributed by atoms with E-state index in [0.717, 1.165) is 22.3 Å². The van der Waals surface area contributed by atoms with Gasteiger partial charge in [0.2, 0.25) is 0 Å². The third-order valence-electron chi connectivity index (χ3n) is 4.96. The monoisotopic (exact) mass is 413 g/mol. The van der Waals surface area contributed by atoms with Crippen LogP contribution in [0.25, 0.3) is 55.8 Å². The minimum absolute atomic E-state index is 0.362. The third-order valence-corrected chi connectivity index (χ3v) is 5.64. The van der Waals surface area contributed by atoms with Gasteiger partial charge in [-0.15, -0.1) is 0 Å². The van der Waals surface area contributed by atoms with Crippen molar-refractivity contribution in [2.75, 3.05) is 0 Å². The first-order valence-corrected chi connectivity index (χ1v) is 10.0. The van der Waals surface area contributed by atoms with Gasteiger partial charge in [0.25, 0.3) is 0 Å². The SMILES string of the molecule is Fc1c(-c2cncnc2)ccc2[nH]nc(-c3nc4c(-c5ccsc5)nccc4[nH]3)c12. The van der Waals surface area contributed by atoms with Crippen LogP contribution in [0, 0.1) is 5.82 Å². The van der Waals surface area contributed by atoms with E-state index in [-0.39, 0.29) is 0 Å². The molecule has 0 fully saturated rings. The predicted molar refractivity (Wildman–Crippen MR) is 113 cm³/mol. The molecule has 0 unspecified atom stereocenters. The fourth-order valence-corrected chi connectivity index (χ4v) is 4.20. The lowest BCUT2D eigenvalue weighted by atomic mass is 10.0. The summed E-state index contributed by atoms with van der Waals surface area (Å²) in [4.78, 5) is 20.4. The molecule has 30 heavy (non-hydrogen) atoms. The molecule has 2 N–H and O–H groups in total. The lowest BCUT2D eigenvalue weighted by Gasteiger charge is -2.04. The van der Waals surface area contributed by atoms with Crippen LogP contribution < -0.4 is 0 Å². The first kappa shape index (κ1) is 16.9. The number of nitrogens with zero attached hydrogens (tertiary/aromatic N) is 5. The largest absolute Gasteiger partial charge is 0.336 e. The standard InChI is InChI=1S/C21H12FN7S/c22-17-13(12-7-23-10-24-8-12)1-2-14-16(17)20(29-28-14)21-26-15-3-5-25-18(19(15)27-21)11-4-6-30-9-11/h1-10H,(H,26,27)(H,28,29). The summed E-state index contributed by atoms with van der Waals surface area (Å²) in [5, 5.41) is 11.6. The normalized spacial score (nSPS) is 11.5. The second kappa shape index (κ2) is 6.53. The Morgan fingerprint density at radius 2 is 1.83 bits per heavy atom. The van der Waals surface area contributed by atoms with Crippen molar-refractivity contribution in [3.8, 4) is 33.9 Å². The molecule has 6 rings (SSSR count). The number of H-pyrrole nitrogens is 2. The lowest BCUT2D eigenvalue weighted by Crippen LogP contribution is -1.90. The van der Waals surface area contributed by atoms with Crippen molar-refractivity contribution in [3.63, 3.8) is 0 Å². The molecule has 144 valence electrons. The fourth-order valence-electron chi connectivity index (χ4n) is 3.56. The highest BCUT2D eigenvalue weighted by atomic mass is 32.1. The Morgan fingerprint density at radius 3 is 2.67 bits per heavy atom. The molecule has 0 radical (unpaired) electrons. The van der Waals surface area contributed by atoms with Gasteiger partial charge in [-0.05, 0) is 29.6 Å². The molecule has 0 aliphatic rings. The molecule has 0 amide bonds. The summed E-state index contributed by atoms with van der Waals surface area (Å²) >= 11 is 1.60. The molecule has 0 spiro atoms. The number of nitrogens with one attached hydrogen (secondary N) is 2. The lowest BCUT2D eigenvalue weighted by molar-refractivity contribution is 0.643. The van der Waals surface area contributed by atoms with Gasteiger partial charge in [0.05, 0.1) is 22.1 Å². The van der Waals surface area contributed by atoms with Gasteiger partial charge in [0, 0.05) is 40.7 Å². The molecule has 0 aliphatic carbocycles. The number of fused-ring (bicyclic) bond motifs is 2. The van der Waals surface area contributed by atoms with Gasteiger partial charge >= 0.3 is 0 Å². The summed E-state index contributed by atoms with van der Waals surface area (Å²) < 4.78 is 15.5. The molecule has 1 aromatic carbocycles. The first-order chi connectivity index (χ1) is 14.8. The molecule has 0 atom stereocenters. The van der Waals surface area contributed by atoms with Crippen LogP contribution in [-0.2, 0) is 0 Å². The summed E-state index contributed by atoms with van der Waals surface area (Å²) in [6.07, 6.45) is 6.30. The van der Waals surface area contributed by atoms with Crippen LogP contribution in [0.3, 0.4) is 0 Å². The predicted octanol–water partition coefficient (Wildman–Crippen LogP) is 4.83.